The lowest BCUT2D eigenvalue weighted by atomic mass is 9.86. The van der Waals surface area contributed by atoms with Gasteiger partial charge in [0.1, 0.15) is 5.82 Å². The molecule has 0 heterocycles. The second kappa shape index (κ2) is 6.30. The smallest absolute Gasteiger partial charge is 0.129 e. The monoisotopic (exact) mass is 251 g/mol. The molecule has 100 valence electrons. The third-order valence-corrected chi connectivity index (χ3v) is 3.95. The first-order valence-corrected chi connectivity index (χ1v) is 6.84. The minimum absolute atomic E-state index is 0.330. The van der Waals surface area contributed by atoms with E-state index in [2.05, 4.69) is 12.2 Å². The predicted molar refractivity (Wildman–Crippen MR) is 70.8 cm³/mol. The van der Waals surface area contributed by atoms with Crippen LogP contribution in [0.2, 0.25) is 0 Å². The number of hydrogen-bond acceptors (Lipinski definition) is 2. The van der Waals surface area contributed by atoms with Gasteiger partial charge >= 0.3 is 0 Å². The molecular formula is C15H22FNO. The molecule has 3 atom stereocenters. The van der Waals surface area contributed by atoms with E-state index >= 15 is 0 Å². The Morgan fingerprint density at radius 1 is 1.33 bits per heavy atom. The van der Waals surface area contributed by atoms with Gasteiger partial charge in [-0.15, -0.1) is 0 Å². The molecule has 1 aliphatic carbocycles. The quantitative estimate of drug-likeness (QED) is 0.862. The second-order valence-electron chi connectivity index (χ2n) is 5.31. The number of benzene rings is 1. The molecule has 2 rings (SSSR count). The standard InChI is InChI=1S/C15H22FNO/c1-11-6-2-5-9-14(11)17-10-15(18)12-7-3-4-8-13(12)16/h3-4,7-8,11,14-15,17-18H,2,5-6,9-10H2,1H3. The van der Waals surface area contributed by atoms with Crippen LogP contribution in [0, 0.1) is 11.7 Å². The van der Waals surface area contributed by atoms with Gasteiger partial charge < -0.3 is 10.4 Å². The highest BCUT2D eigenvalue weighted by Gasteiger charge is 2.22. The normalized spacial score (nSPS) is 25.9. The first-order chi connectivity index (χ1) is 8.68. The van der Waals surface area contributed by atoms with Crippen molar-refractivity contribution in [1.29, 1.82) is 0 Å². The number of aliphatic hydroxyl groups is 1. The lowest BCUT2D eigenvalue weighted by Gasteiger charge is -2.30. The van der Waals surface area contributed by atoms with E-state index in [9.17, 15) is 9.50 Å². The van der Waals surface area contributed by atoms with Gasteiger partial charge in [0.2, 0.25) is 0 Å². The number of hydrogen-bond donors (Lipinski definition) is 2. The molecule has 1 aromatic carbocycles. The van der Waals surface area contributed by atoms with Gasteiger partial charge in [0.05, 0.1) is 6.10 Å². The van der Waals surface area contributed by atoms with Crippen molar-refractivity contribution in [3.8, 4) is 0 Å². The molecule has 2 nitrogen and oxygen atoms in total. The number of halogens is 1. The zero-order chi connectivity index (χ0) is 13.0. The highest BCUT2D eigenvalue weighted by Crippen LogP contribution is 2.24. The topological polar surface area (TPSA) is 32.3 Å². The molecule has 1 aliphatic rings. The molecule has 3 unspecified atom stereocenters. The predicted octanol–water partition coefficient (Wildman–Crippen LogP) is 3.03. The Hall–Kier alpha value is -0.930. The van der Waals surface area contributed by atoms with E-state index < -0.39 is 6.10 Å². The number of nitrogens with one attached hydrogen (secondary N) is 1. The zero-order valence-electron chi connectivity index (χ0n) is 10.9. The van der Waals surface area contributed by atoms with Crippen LogP contribution in [0.15, 0.2) is 24.3 Å². The molecule has 1 saturated carbocycles. The maximum absolute atomic E-state index is 13.5. The van der Waals surface area contributed by atoms with E-state index in [1.165, 1.54) is 25.3 Å². The Labute approximate surface area is 108 Å². The van der Waals surface area contributed by atoms with Crippen LogP contribution in [0.1, 0.15) is 44.3 Å². The summed E-state index contributed by atoms with van der Waals surface area (Å²) >= 11 is 0. The van der Waals surface area contributed by atoms with Gasteiger partial charge in [-0.3, -0.25) is 0 Å². The molecule has 0 aliphatic heterocycles. The molecule has 1 fully saturated rings. The van der Waals surface area contributed by atoms with Crippen LogP contribution in [0.3, 0.4) is 0 Å². The minimum Gasteiger partial charge on any atom is -0.387 e. The molecule has 18 heavy (non-hydrogen) atoms. The second-order valence-corrected chi connectivity index (χ2v) is 5.31. The summed E-state index contributed by atoms with van der Waals surface area (Å²) < 4.78 is 13.5. The van der Waals surface area contributed by atoms with Gasteiger partial charge in [-0.2, -0.15) is 0 Å². The lowest BCUT2D eigenvalue weighted by Crippen LogP contribution is -2.39. The van der Waals surface area contributed by atoms with E-state index in [0.717, 1.165) is 6.42 Å². The summed E-state index contributed by atoms with van der Waals surface area (Å²) in [6, 6.07) is 6.89. The Kier molecular flexibility index (Phi) is 4.72. The molecule has 0 radical (unpaired) electrons. The molecule has 0 aromatic heterocycles. The minimum atomic E-state index is -0.764. The molecule has 0 bridgehead atoms. The van der Waals surface area contributed by atoms with Gasteiger partial charge in [-0.25, -0.2) is 4.39 Å². The van der Waals surface area contributed by atoms with Crippen LogP contribution in [-0.2, 0) is 0 Å². The molecule has 3 heteroatoms. The Balaban J connectivity index is 1.88. The number of rotatable bonds is 4. The van der Waals surface area contributed by atoms with Crippen molar-refractivity contribution in [1.82, 2.24) is 5.32 Å². The summed E-state index contributed by atoms with van der Waals surface area (Å²) in [6.07, 6.45) is 4.19. The van der Waals surface area contributed by atoms with Gasteiger partial charge in [0.15, 0.2) is 0 Å². The van der Waals surface area contributed by atoms with Gasteiger partial charge in [-0.1, -0.05) is 38.0 Å². The van der Waals surface area contributed by atoms with E-state index in [1.54, 1.807) is 18.2 Å². The van der Waals surface area contributed by atoms with Crippen molar-refractivity contribution in [3.63, 3.8) is 0 Å². The Bertz CT molecular complexity index is 383. The third kappa shape index (κ3) is 3.30. The first-order valence-electron chi connectivity index (χ1n) is 6.84. The first kappa shape index (κ1) is 13.5. The van der Waals surface area contributed by atoms with E-state index in [0.29, 0.717) is 24.1 Å². The summed E-state index contributed by atoms with van der Waals surface area (Å²) in [5.41, 5.74) is 0.383. The fourth-order valence-corrected chi connectivity index (χ4v) is 2.74. The van der Waals surface area contributed by atoms with Crippen LogP contribution in [0.4, 0.5) is 4.39 Å². The SMILES string of the molecule is CC1CCCCC1NCC(O)c1ccccc1F. The van der Waals surface area contributed by atoms with Crippen molar-refractivity contribution < 1.29 is 9.50 Å². The van der Waals surface area contributed by atoms with Crippen molar-refractivity contribution in [2.75, 3.05) is 6.54 Å². The average Bonchev–Trinajstić information content (AvgIpc) is 2.38. The van der Waals surface area contributed by atoms with E-state index in [-0.39, 0.29) is 5.82 Å². The Morgan fingerprint density at radius 3 is 2.78 bits per heavy atom. The summed E-state index contributed by atoms with van der Waals surface area (Å²) in [4.78, 5) is 0. The summed E-state index contributed by atoms with van der Waals surface area (Å²) in [7, 11) is 0. The van der Waals surface area contributed by atoms with Crippen LogP contribution in [-0.4, -0.2) is 17.7 Å². The van der Waals surface area contributed by atoms with E-state index in [1.807, 2.05) is 0 Å². The summed E-state index contributed by atoms with van der Waals surface area (Å²) in [5.74, 6) is 0.315. The fraction of sp³-hybridized carbons (Fsp3) is 0.600. The van der Waals surface area contributed by atoms with Crippen LogP contribution in [0.25, 0.3) is 0 Å². The molecule has 1 aromatic rings. The summed E-state index contributed by atoms with van der Waals surface area (Å²) in [6.45, 7) is 2.67. The van der Waals surface area contributed by atoms with Crippen LogP contribution < -0.4 is 5.32 Å². The maximum Gasteiger partial charge on any atom is 0.129 e. The highest BCUT2D eigenvalue weighted by atomic mass is 19.1. The van der Waals surface area contributed by atoms with Crippen LogP contribution >= 0.6 is 0 Å². The fourth-order valence-electron chi connectivity index (χ4n) is 2.74. The molecule has 0 amide bonds. The van der Waals surface area contributed by atoms with Crippen LogP contribution in [0.5, 0.6) is 0 Å². The van der Waals surface area contributed by atoms with Crippen molar-refractivity contribution in [2.24, 2.45) is 5.92 Å². The third-order valence-electron chi connectivity index (χ3n) is 3.95. The van der Waals surface area contributed by atoms with Gasteiger partial charge in [-0.05, 0) is 24.8 Å². The average molecular weight is 251 g/mol. The summed E-state index contributed by atoms with van der Waals surface area (Å²) in [5, 5.41) is 13.4. The number of aliphatic hydroxyl groups excluding tert-OH is 1. The molecule has 0 spiro atoms. The molecule has 0 saturated heterocycles. The van der Waals surface area contributed by atoms with Gasteiger partial charge in [0, 0.05) is 18.2 Å². The Morgan fingerprint density at radius 2 is 2.06 bits per heavy atom. The maximum atomic E-state index is 13.5. The van der Waals surface area contributed by atoms with Crippen molar-refractivity contribution in [2.45, 2.75) is 44.8 Å². The molecule has 2 N–H and O–H groups in total. The van der Waals surface area contributed by atoms with E-state index in [4.69, 9.17) is 0 Å². The molecular weight excluding hydrogens is 229 g/mol. The van der Waals surface area contributed by atoms with Crippen molar-refractivity contribution in [3.05, 3.63) is 35.6 Å². The zero-order valence-corrected chi connectivity index (χ0v) is 10.9. The van der Waals surface area contributed by atoms with Crippen molar-refractivity contribution >= 4 is 0 Å². The van der Waals surface area contributed by atoms with Gasteiger partial charge in [0.25, 0.3) is 0 Å². The lowest BCUT2D eigenvalue weighted by molar-refractivity contribution is 0.153. The highest BCUT2D eigenvalue weighted by molar-refractivity contribution is 5.20. The largest absolute Gasteiger partial charge is 0.387 e.